The first-order valence-corrected chi connectivity index (χ1v) is 8.03. The molecule has 1 saturated heterocycles. The molecule has 0 bridgehead atoms. The number of anilines is 1. The van der Waals surface area contributed by atoms with E-state index in [4.69, 9.17) is 4.74 Å². The molecule has 1 saturated carbocycles. The van der Waals surface area contributed by atoms with Crippen LogP contribution in [0.15, 0.2) is 12.4 Å². The van der Waals surface area contributed by atoms with E-state index in [1.165, 1.54) is 6.42 Å². The van der Waals surface area contributed by atoms with Crippen LogP contribution >= 0.6 is 0 Å². The second kappa shape index (κ2) is 5.79. The molecule has 0 aromatic carbocycles. The van der Waals surface area contributed by atoms with E-state index in [1.54, 1.807) is 12.4 Å². The van der Waals surface area contributed by atoms with Gasteiger partial charge >= 0.3 is 0 Å². The van der Waals surface area contributed by atoms with Crippen molar-refractivity contribution in [2.24, 2.45) is 5.92 Å². The van der Waals surface area contributed by atoms with E-state index in [0.717, 1.165) is 44.6 Å². The number of ether oxygens (including phenoxy) is 1. The van der Waals surface area contributed by atoms with Crippen molar-refractivity contribution < 1.29 is 9.84 Å². The summed E-state index contributed by atoms with van der Waals surface area (Å²) < 4.78 is 5.62. The first kappa shape index (κ1) is 14.6. The number of hydrogen-bond donors (Lipinski definition) is 1. The summed E-state index contributed by atoms with van der Waals surface area (Å²) in [5.41, 5.74) is -0.450. The predicted octanol–water partition coefficient (Wildman–Crippen LogP) is 2.40. The van der Waals surface area contributed by atoms with Crippen LogP contribution in [0.2, 0.25) is 0 Å². The number of fused-ring (bicyclic) bond motifs is 1. The SMILES string of the molecule is CC(C)Oc1cncc(N2CCC3(O)CCCCC3C2)n1. The fraction of sp³-hybridized carbons (Fsp3) is 0.750. The lowest BCUT2D eigenvalue weighted by molar-refractivity contribution is -0.0613. The molecule has 2 fully saturated rings. The van der Waals surface area contributed by atoms with Crippen LogP contribution in [0.4, 0.5) is 5.82 Å². The van der Waals surface area contributed by atoms with Crippen LogP contribution < -0.4 is 9.64 Å². The highest BCUT2D eigenvalue weighted by atomic mass is 16.5. The maximum atomic E-state index is 10.7. The zero-order valence-corrected chi connectivity index (χ0v) is 13.0. The fourth-order valence-electron chi connectivity index (χ4n) is 3.57. The van der Waals surface area contributed by atoms with Gasteiger partial charge in [-0.15, -0.1) is 0 Å². The molecule has 21 heavy (non-hydrogen) atoms. The molecule has 2 aliphatic rings. The summed E-state index contributed by atoms with van der Waals surface area (Å²) in [4.78, 5) is 11.0. The largest absolute Gasteiger partial charge is 0.474 e. The molecule has 1 N–H and O–H groups in total. The van der Waals surface area contributed by atoms with Crippen LogP contribution in [0, 0.1) is 5.92 Å². The number of hydrogen-bond acceptors (Lipinski definition) is 5. The molecule has 0 amide bonds. The van der Waals surface area contributed by atoms with Gasteiger partial charge in [-0.05, 0) is 33.1 Å². The molecule has 2 heterocycles. The van der Waals surface area contributed by atoms with Gasteiger partial charge in [0.15, 0.2) is 5.82 Å². The Bertz CT molecular complexity index is 494. The molecule has 5 heteroatoms. The number of aromatic nitrogens is 2. The van der Waals surface area contributed by atoms with Crippen LogP contribution in [0.25, 0.3) is 0 Å². The number of rotatable bonds is 3. The van der Waals surface area contributed by atoms with Crippen molar-refractivity contribution >= 4 is 5.82 Å². The van der Waals surface area contributed by atoms with E-state index in [9.17, 15) is 5.11 Å². The molecular formula is C16H25N3O2. The molecule has 116 valence electrons. The molecule has 0 radical (unpaired) electrons. The van der Waals surface area contributed by atoms with Gasteiger partial charge in [-0.2, -0.15) is 4.98 Å². The maximum absolute atomic E-state index is 10.7. The minimum absolute atomic E-state index is 0.0966. The molecule has 1 aromatic rings. The average molecular weight is 291 g/mol. The van der Waals surface area contributed by atoms with Crippen LogP contribution in [0.5, 0.6) is 5.88 Å². The Morgan fingerprint density at radius 2 is 2.19 bits per heavy atom. The Labute approximate surface area is 126 Å². The number of piperidine rings is 1. The molecule has 1 aliphatic heterocycles. The molecule has 0 spiro atoms. The lowest BCUT2D eigenvalue weighted by atomic mass is 9.71. The standard InChI is InChI=1S/C16H25N3O2/c1-12(2)21-15-10-17-9-14(18-15)19-8-7-16(20)6-4-3-5-13(16)11-19/h9-10,12-13,20H,3-8,11H2,1-2H3. The van der Waals surface area contributed by atoms with Gasteiger partial charge in [-0.25, -0.2) is 0 Å². The summed E-state index contributed by atoms with van der Waals surface area (Å²) in [5.74, 6) is 1.80. The van der Waals surface area contributed by atoms with Gasteiger partial charge in [-0.1, -0.05) is 12.8 Å². The minimum atomic E-state index is -0.450. The van der Waals surface area contributed by atoms with Crippen molar-refractivity contribution in [3.05, 3.63) is 12.4 Å². The highest BCUT2D eigenvalue weighted by Crippen LogP contribution is 2.40. The highest BCUT2D eigenvalue weighted by Gasteiger charge is 2.43. The van der Waals surface area contributed by atoms with E-state index < -0.39 is 5.60 Å². The topological polar surface area (TPSA) is 58.5 Å². The van der Waals surface area contributed by atoms with Crippen molar-refractivity contribution in [1.82, 2.24) is 9.97 Å². The third kappa shape index (κ3) is 3.12. The third-order valence-corrected chi connectivity index (χ3v) is 4.71. The third-order valence-electron chi connectivity index (χ3n) is 4.71. The highest BCUT2D eigenvalue weighted by molar-refractivity contribution is 5.39. The van der Waals surface area contributed by atoms with Crippen LogP contribution in [0.3, 0.4) is 0 Å². The van der Waals surface area contributed by atoms with E-state index in [-0.39, 0.29) is 6.10 Å². The number of nitrogens with zero attached hydrogens (tertiary/aromatic N) is 3. The monoisotopic (exact) mass is 291 g/mol. The van der Waals surface area contributed by atoms with Crippen LogP contribution in [-0.2, 0) is 0 Å². The van der Waals surface area contributed by atoms with Crippen molar-refractivity contribution in [2.45, 2.75) is 57.7 Å². The molecule has 2 atom stereocenters. The Morgan fingerprint density at radius 3 is 3.00 bits per heavy atom. The van der Waals surface area contributed by atoms with Gasteiger partial charge < -0.3 is 14.7 Å². The molecule has 1 aromatic heterocycles. The summed E-state index contributed by atoms with van der Waals surface area (Å²) in [7, 11) is 0. The Kier molecular flexibility index (Phi) is 4.02. The molecule has 5 nitrogen and oxygen atoms in total. The summed E-state index contributed by atoms with van der Waals surface area (Å²) >= 11 is 0. The van der Waals surface area contributed by atoms with E-state index in [1.807, 2.05) is 13.8 Å². The molecular weight excluding hydrogens is 266 g/mol. The predicted molar refractivity (Wildman–Crippen MR) is 81.5 cm³/mol. The second-order valence-corrected chi connectivity index (χ2v) is 6.62. The lowest BCUT2D eigenvalue weighted by Crippen LogP contribution is -2.53. The minimum Gasteiger partial charge on any atom is -0.474 e. The van der Waals surface area contributed by atoms with Gasteiger partial charge in [0.1, 0.15) is 0 Å². The smallest absolute Gasteiger partial charge is 0.234 e. The summed E-state index contributed by atoms with van der Waals surface area (Å²) in [5, 5.41) is 10.7. The average Bonchev–Trinajstić information content (AvgIpc) is 2.46. The van der Waals surface area contributed by atoms with Gasteiger partial charge in [0.2, 0.25) is 5.88 Å². The van der Waals surface area contributed by atoms with Gasteiger partial charge in [0.05, 0.1) is 24.1 Å². The molecule has 1 aliphatic carbocycles. The quantitative estimate of drug-likeness (QED) is 0.926. The first-order chi connectivity index (χ1) is 10.1. The molecule has 2 unspecified atom stereocenters. The Hall–Kier alpha value is -1.36. The number of aliphatic hydroxyl groups is 1. The van der Waals surface area contributed by atoms with Crippen molar-refractivity contribution in [3.8, 4) is 5.88 Å². The van der Waals surface area contributed by atoms with Crippen LogP contribution in [0.1, 0.15) is 46.0 Å². The molecule has 3 rings (SSSR count). The van der Waals surface area contributed by atoms with E-state index in [2.05, 4.69) is 14.9 Å². The van der Waals surface area contributed by atoms with Crippen LogP contribution in [-0.4, -0.2) is 39.9 Å². The van der Waals surface area contributed by atoms with Crippen molar-refractivity contribution in [3.63, 3.8) is 0 Å². The zero-order valence-electron chi connectivity index (χ0n) is 13.0. The van der Waals surface area contributed by atoms with Gasteiger partial charge in [-0.3, -0.25) is 4.98 Å². The Balaban J connectivity index is 1.73. The van der Waals surface area contributed by atoms with E-state index >= 15 is 0 Å². The zero-order chi connectivity index (χ0) is 14.9. The second-order valence-electron chi connectivity index (χ2n) is 6.62. The normalized spacial score (nSPS) is 29.3. The Morgan fingerprint density at radius 1 is 1.33 bits per heavy atom. The maximum Gasteiger partial charge on any atom is 0.234 e. The van der Waals surface area contributed by atoms with Gasteiger partial charge in [0, 0.05) is 19.0 Å². The summed E-state index contributed by atoms with van der Waals surface area (Å²) in [6, 6.07) is 0. The van der Waals surface area contributed by atoms with Crippen molar-refractivity contribution in [2.75, 3.05) is 18.0 Å². The lowest BCUT2D eigenvalue weighted by Gasteiger charge is -2.47. The van der Waals surface area contributed by atoms with E-state index in [0.29, 0.717) is 11.8 Å². The van der Waals surface area contributed by atoms with Gasteiger partial charge in [0.25, 0.3) is 0 Å². The summed E-state index contributed by atoms with van der Waals surface area (Å²) in [6.07, 6.45) is 8.82. The summed E-state index contributed by atoms with van der Waals surface area (Å²) in [6.45, 7) is 5.68. The fourth-order valence-corrected chi connectivity index (χ4v) is 3.57. The van der Waals surface area contributed by atoms with Crippen molar-refractivity contribution in [1.29, 1.82) is 0 Å². The first-order valence-electron chi connectivity index (χ1n) is 8.03.